The number of hydrogen-bond acceptors (Lipinski definition) is 10. The molecule has 2 N–H and O–H groups in total. The largest absolute Gasteiger partial charge is 0.472 e. The van der Waals surface area contributed by atoms with Crippen LogP contribution in [0.2, 0.25) is 0 Å². The molecule has 466 valence electrons. The molecule has 0 saturated heterocycles. The number of unbranched alkanes of at least 4 members (excludes halogenated alkanes) is 19. The Hall–Kier alpha value is -4.38. The first-order chi connectivity index (χ1) is 40.2. The third-order valence-corrected chi connectivity index (χ3v) is 14.0. The molecule has 3 atom stereocenters. The third-order valence-electron chi connectivity index (χ3n) is 13.0. The molecule has 0 fully saturated rings. The smallest absolute Gasteiger partial charge is 0.462 e. The number of allylic oxidation sites excluding steroid dienone is 22. The zero-order valence-corrected chi connectivity index (χ0v) is 52.6. The SMILES string of the molecule is CC/C=C\C/C=C\C/C=C\C/C=C\C/C=C\CCCCCC(=O)OC(COC(=O)CCCCCCCCCCC/C=C\C/C=C\CCCCC)COP(=O)(O)OCC(CO)OC(=O)CCCCCC/C=C\C/C=C\C/C=C\C/C=C\CC. The van der Waals surface area contributed by atoms with Crippen LogP contribution in [0.1, 0.15) is 252 Å². The van der Waals surface area contributed by atoms with Crippen molar-refractivity contribution in [2.75, 3.05) is 26.4 Å². The minimum absolute atomic E-state index is 0.119. The number of rotatable bonds is 58. The van der Waals surface area contributed by atoms with E-state index in [0.29, 0.717) is 19.3 Å². The Labute approximate surface area is 500 Å². The molecule has 0 rings (SSSR count). The summed E-state index contributed by atoms with van der Waals surface area (Å²) in [5, 5.41) is 9.85. The number of phosphoric ester groups is 1. The van der Waals surface area contributed by atoms with Gasteiger partial charge in [0.2, 0.25) is 0 Å². The summed E-state index contributed by atoms with van der Waals surface area (Å²) in [5.74, 6) is -1.54. The molecule has 0 radical (unpaired) electrons. The van der Waals surface area contributed by atoms with Gasteiger partial charge in [-0.15, -0.1) is 0 Å². The fourth-order valence-electron chi connectivity index (χ4n) is 8.23. The molecule has 0 amide bonds. The van der Waals surface area contributed by atoms with Crippen molar-refractivity contribution in [2.24, 2.45) is 0 Å². The van der Waals surface area contributed by atoms with Crippen LogP contribution in [0.5, 0.6) is 0 Å². The van der Waals surface area contributed by atoms with Gasteiger partial charge in [-0.1, -0.05) is 231 Å². The lowest BCUT2D eigenvalue weighted by Crippen LogP contribution is -2.30. The van der Waals surface area contributed by atoms with Gasteiger partial charge < -0.3 is 24.2 Å². The van der Waals surface area contributed by atoms with Crippen LogP contribution < -0.4 is 0 Å². The molecule has 0 aromatic carbocycles. The van der Waals surface area contributed by atoms with E-state index in [1.165, 1.54) is 57.8 Å². The van der Waals surface area contributed by atoms with Crippen LogP contribution in [0.3, 0.4) is 0 Å². The number of aliphatic hydroxyl groups excluding tert-OH is 1. The summed E-state index contributed by atoms with van der Waals surface area (Å²) in [5.41, 5.74) is 0. The van der Waals surface area contributed by atoms with E-state index in [4.69, 9.17) is 23.3 Å². The number of aliphatic hydroxyl groups is 1. The molecule has 0 spiro atoms. The van der Waals surface area contributed by atoms with Crippen LogP contribution in [0.15, 0.2) is 134 Å². The minimum Gasteiger partial charge on any atom is -0.462 e. The van der Waals surface area contributed by atoms with Crippen molar-refractivity contribution >= 4 is 25.7 Å². The molecule has 0 aromatic heterocycles. The zero-order chi connectivity index (χ0) is 59.8. The Bertz CT molecular complexity index is 1890. The van der Waals surface area contributed by atoms with Crippen molar-refractivity contribution < 1.29 is 52.2 Å². The maximum Gasteiger partial charge on any atom is 0.472 e. The van der Waals surface area contributed by atoms with Gasteiger partial charge in [0.15, 0.2) is 6.10 Å². The molecule has 82 heavy (non-hydrogen) atoms. The standard InChI is InChI=1S/C70H115O11P/c1-4-7-10-13-16-19-22-25-28-31-33-36-38-41-44-47-50-53-56-59-68(72)77-63-67(81-70(74)61-58-55-52-49-46-43-40-37-34-32-29-26-23-20-17-14-11-8-5-2)65-79-82(75,76)78-64-66(62-71)80-69(73)60-57-54-51-48-45-42-39-35-30-27-24-21-18-15-12-9-6-3/h8-9,11-12,16-21,25-30,34,37,39,42-43,46,66-67,71H,4-7,10,13-15,22-24,31-33,35-36,38,40-41,44-45,47-65H2,1-3H3,(H,75,76)/b11-8-,12-9-,19-16-,20-17-,21-18-,28-25-,29-26-,30-27-,37-34-,42-39-,46-43-. The van der Waals surface area contributed by atoms with E-state index < -0.39 is 57.8 Å². The van der Waals surface area contributed by atoms with Gasteiger partial charge in [-0.2, -0.15) is 0 Å². The molecular formula is C70H115O11P. The van der Waals surface area contributed by atoms with Crippen LogP contribution in [0.25, 0.3) is 0 Å². The maximum atomic E-state index is 13.0. The lowest BCUT2D eigenvalue weighted by atomic mass is 10.1. The fraction of sp³-hybridized carbons (Fsp3) is 0.643. The van der Waals surface area contributed by atoms with E-state index >= 15 is 0 Å². The highest BCUT2D eigenvalue weighted by Crippen LogP contribution is 2.43. The Morgan fingerprint density at radius 3 is 0.988 bits per heavy atom. The minimum atomic E-state index is -4.78. The summed E-state index contributed by atoms with van der Waals surface area (Å²) in [6.07, 6.45) is 79.7. The number of phosphoric acid groups is 1. The molecule has 0 aliphatic heterocycles. The molecule has 0 bridgehead atoms. The van der Waals surface area contributed by atoms with E-state index in [2.05, 4.69) is 154 Å². The molecule has 0 heterocycles. The number of ether oxygens (including phenoxy) is 3. The quantitative estimate of drug-likeness (QED) is 0.0197. The van der Waals surface area contributed by atoms with Gasteiger partial charge >= 0.3 is 25.7 Å². The second kappa shape index (κ2) is 62.7. The summed E-state index contributed by atoms with van der Waals surface area (Å²) in [6, 6.07) is 0. The Morgan fingerprint density at radius 2 is 0.634 bits per heavy atom. The highest BCUT2D eigenvalue weighted by molar-refractivity contribution is 7.47. The first kappa shape index (κ1) is 77.6. The normalized spacial score (nSPS) is 14.2. The molecule has 11 nitrogen and oxygen atoms in total. The predicted molar refractivity (Wildman–Crippen MR) is 343 cm³/mol. The monoisotopic (exact) mass is 1160 g/mol. The van der Waals surface area contributed by atoms with E-state index in [1.54, 1.807) is 0 Å². The van der Waals surface area contributed by atoms with Crippen molar-refractivity contribution in [3.63, 3.8) is 0 Å². The van der Waals surface area contributed by atoms with E-state index in [1.807, 2.05) is 0 Å². The lowest BCUT2D eigenvalue weighted by molar-refractivity contribution is -0.161. The number of carbonyl (C=O) groups is 3. The number of carbonyl (C=O) groups excluding carboxylic acids is 3. The van der Waals surface area contributed by atoms with Gasteiger partial charge in [0, 0.05) is 19.3 Å². The molecule has 0 saturated carbocycles. The van der Waals surface area contributed by atoms with Crippen molar-refractivity contribution in [3.8, 4) is 0 Å². The Balaban J connectivity index is 4.81. The van der Waals surface area contributed by atoms with Crippen LogP contribution in [0, 0.1) is 0 Å². The average molecular weight is 1160 g/mol. The van der Waals surface area contributed by atoms with Gasteiger partial charge in [0.05, 0.1) is 19.8 Å². The van der Waals surface area contributed by atoms with Crippen LogP contribution in [-0.2, 0) is 42.2 Å². The molecule has 0 aliphatic carbocycles. The van der Waals surface area contributed by atoms with Crippen molar-refractivity contribution in [1.82, 2.24) is 0 Å². The van der Waals surface area contributed by atoms with E-state index in [0.717, 1.165) is 135 Å². The number of hydrogen-bond donors (Lipinski definition) is 2. The lowest BCUT2D eigenvalue weighted by Gasteiger charge is -2.21. The van der Waals surface area contributed by atoms with Crippen LogP contribution >= 0.6 is 7.82 Å². The van der Waals surface area contributed by atoms with Gasteiger partial charge in [0.1, 0.15) is 12.7 Å². The van der Waals surface area contributed by atoms with Crippen LogP contribution in [0.4, 0.5) is 0 Å². The fourth-order valence-corrected chi connectivity index (χ4v) is 9.01. The highest BCUT2D eigenvalue weighted by Gasteiger charge is 2.28. The second-order valence-corrected chi connectivity index (χ2v) is 22.3. The van der Waals surface area contributed by atoms with Crippen molar-refractivity contribution in [2.45, 2.75) is 264 Å². The van der Waals surface area contributed by atoms with E-state index in [9.17, 15) is 28.9 Å². The van der Waals surface area contributed by atoms with Gasteiger partial charge in [-0.05, 0) is 135 Å². The Morgan fingerprint density at radius 1 is 0.354 bits per heavy atom. The molecule has 12 heteroatoms. The van der Waals surface area contributed by atoms with Crippen LogP contribution in [-0.4, -0.2) is 66.5 Å². The summed E-state index contributed by atoms with van der Waals surface area (Å²) in [7, 11) is -4.78. The maximum absolute atomic E-state index is 13.0. The second-order valence-electron chi connectivity index (χ2n) is 20.8. The number of esters is 3. The first-order valence-electron chi connectivity index (χ1n) is 32.1. The van der Waals surface area contributed by atoms with Gasteiger partial charge in [0.25, 0.3) is 0 Å². The average Bonchev–Trinajstić information content (AvgIpc) is 3.50. The third kappa shape index (κ3) is 60.2. The van der Waals surface area contributed by atoms with E-state index in [-0.39, 0.29) is 25.9 Å². The molecule has 3 unspecified atom stereocenters. The topological polar surface area (TPSA) is 155 Å². The Kier molecular flexibility index (Phi) is 59.3. The zero-order valence-electron chi connectivity index (χ0n) is 51.7. The molecular weight excluding hydrogens is 1050 g/mol. The first-order valence-corrected chi connectivity index (χ1v) is 33.6. The van der Waals surface area contributed by atoms with Gasteiger partial charge in [-0.3, -0.25) is 23.4 Å². The summed E-state index contributed by atoms with van der Waals surface area (Å²) < 4.78 is 39.6. The summed E-state index contributed by atoms with van der Waals surface area (Å²) in [6.45, 7) is 4.33. The highest BCUT2D eigenvalue weighted by atomic mass is 31.2. The molecule has 0 aromatic rings. The van der Waals surface area contributed by atoms with Crippen molar-refractivity contribution in [1.29, 1.82) is 0 Å². The summed E-state index contributed by atoms with van der Waals surface area (Å²) >= 11 is 0. The van der Waals surface area contributed by atoms with Gasteiger partial charge in [-0.25, -0.2) is 4.57 Å². The molecule has 0 aliphatic rings. The van der Waals surface area contributed by atoms with Crippen molar-refractivity contribution in [3.05, 3.63) is 134 Å². The summed E-state index contributed by atoms with van der Waals surface area (Å²) in [4.78, 5) is 48.8. The predicted octanol–water partition coefficient (Wildman–Crippen LogP) is 19.7.